The molecule has 17 heavy (non-hydrogen) atoms. The number of hydrogen-bond donors (Lipinski definition) is 2. The minimum atomic E-state index is -1.07. The van der Waals surface area contributed by atoms with E-state index in [2.05, 4.69) is 15.9 Å². The van der Waals surface area contributed by atoms with Gasteiger partial charge >= 0.3 is 0 Å². The number of halogens is 1. The van der Waals surface area contributed by atoms with Gasteiger partial charge in [-0.15, -0.1) is 0 Å². The van der Waals surface area contributed by atoms with Crippen LogP contribution in [0.25, 0.3) is 0 Å². The molecule has 0 amide bonds. The standard InChI is InChI=1S/C12H15BrO4/c1-17-9-2-3-10(8(6-9)7-14)12(16)11(15)4-5-13/h2-3,6-7,11-12,15-16H,4-5H2,1H3. The molecule has 0 aliphatic heterocycles. The zero-order chi connectivity index (χ0) is 12.8. The van der Waals surface area contributed by atoms with Crippen molar-refractivity contribution in [2.24, 2.45) is 0 Å². The van der Waals surface area contributed by atoms with Crippen LogP contribution >= 0.6 is 15.9 Å². The summed E-state index contributed by atoms with van der Waals surface area (Å²) in [6, 6.07) is 4.77. The van der Waals surface area contributed by atoms with Gasteiger partial charge in [-0.3, -0.25) is 4.79 Å². The molecule has 1 rings (SSSR count). The normalized spacial score (nSPS) is 14.1. The Morgan fingerprint density at radius 3 is 2.71 bits per heavy atom. The van der Waals surface area contributed by atoms with E-state index in [-0.39, 0.29) is 0 Å². The summed E-state index contributed by atoms with van der Waals surface area (Å²) in [5.41, 5.74) is 0.736. The van der Waals surface area contributed by atoms with E-state index >= 15 is 0 Å². The van der Waals surface area contributed by atoms with E-state index in [0.29, 0.717) is 34.9 Å². The lowest BCUT2D eigenvalue weighted by Gasteiger charge is -2.19. The smallest absolute Gasteiger partial charge is 0.150 e. The third kappa shape index (κ3) is 3.52. The Morgan fingerprint density at radius 2 is 2.18 bits per heavy atom. The molecule has 94 valence electrons. The van der Waals surface area contributed by atoms with Gasteiger partial charge in [0.2, 0.25) is 0 Å². The van der Waals surface area contributed by atoms with Crippen molar-refractivity contribution in [3.8, 4) is 5.75 Å². The first-order valence-corrected chi connectivity index (χ1v) is 6.31. The highest BCUT2D eigenvalue weighted by Gasteiger charge is 2.20. The minimum Gasteiger partial charge on any atom is -0.497 e. The zero-order valence-electron chi connectivity index (χ0n) is 9.47. The molecule has 0 aromatic heterocycles. The number of hydrogen-bond acceptors (Lipinski definition) is 4. The third-order valence-corrected chi connectivity index (χ3v) is 2.97. The second kappa shape index (κ2) is 6.74. The highest BCUT2D eigenvalue weighted by molar-refractivity contribution is 9.09. The number of ether oxygens (including phenoxy) is 1. The second-order valence-corrected chi connectivity index (χ2v) is 4.40. The first kappa shape index (κ1) is 14.2. The summed E-state index contributed by atoms with van der Waals surface area (Å²) in [6.45, 7) is 0. The summed E-state index contributed by atoms with van der Waals surface area (Å²) in [7, 11) is 1.50. The van der Waals surface area contributed by atoms with Gasteiger partial charge in [0.1, 0.15) is 11.9 Å². The molecule has 2 atom stereocenters. The Morgan fingerprint density at radius 1 is 1.47 bits per heavy atom. The zero-order valence-corrected chi connectivity index (χ0v) is 11.1. The van der Waals surface area contributed by atoms with Gasteiger partial charge in [-0.2, -0.15) is 0 Å². The Labute approximate surface area is 108 Å². The number of carbonyl (C=O) groups excluding carboxylic acids is 1. The van der Waals surface area contributed by atoms with Gasteiger partial charge in [0, 0.05) is 10.9 Å². The number of benzene rings is 1. The summed E-state index contributed by atoms with van der Waals surface area (Å²) in [6.07, 6.45) is -0.923. The maximum Gasteiger partial charge on any atom is 0.150 e. The fourth-order valence-corrected chi connectivity index (χ4v) is 2.00. The van der Waals surface area contributed by atoms with Crippen molar-refractivity contribution in [2.75, 3.05) is 12.4 Å². The summed E-state index contributed by atoms with van der Waals surface area (Å²) in [5, 5.41) is 20.2. The van der Waals surface area contributed by atoms with Crippen molar-refractivity contribution in [1.29, 1.82) is 0 Å². The Kier molecular flexibility index (Phi) is 5.61. The van der Waals surface area contributed by atoms with Gasteiger partial charge in [0.15, 0.2) is 6.29 Å². The van der Waals surface area contributed by atoms with Crippen LogP contribution in [0.15, 0.2) is 18.2 Å². The fraction of sp³-hybridized carbons (Fsp3) is 0.417. The van der Waals surface area contributed by atoms with Gasteiger partial charge in [-0.25, -0.2) is 0 Å². The first-order valence-electron chi connectivity index (χ1n) is 5.19. The highest BCUT2D eigenvalue weighted by atomic mass is 79.9. The molecule has 4 nitrogen and oxygen atoms in total. The molecule has 0 spiro atoms. The number of rotatable bonds is 6. The SMILES string of the molecule is COc1ccc(C(O)C(O)CCBr)c(C=O)c1. The quantitative estimate of drug-likeness (QED) is 0.620. The lowest BCUT2D eigenvalue weighted by molar-refractivity contribution is 0.0170. The second-order valence-electron chi connectivity index (χ2n) is 3.60. The number of aldehydes is 1. The van der Waals surface area contributed by atoms with E-state index in [1.54, 1.807) is 12.1 Å². The predicted molar refractivity (Wildman–Crippen MR) is 67.8 cm³/mol. The minimum absolute atomic E-state index is 0.325. The predicted octanol–water partition coefficient (Wildman–Crippen LogP) is 1.69. The van der Waals surface area contributed by atoms with Crippen molar-refractivity contribution in [3.63, 3.8) is 0 Å². The van der Waals surface area contributed by atoms with Crippen LogP contribution < -0.4 is 4.74 Å². The molecule has 0 aliphatic rings. The van der Waals surface area contributed by atoms with Crippen molar-refractivity contribution in [2.45, 2.75) is 18.6 Å². The van der Waals surface area contributed by atoms with Crippen LogP contribution in [0.2, 0.25) is 0 Å². The summed E-state index contributed by atoms with van der Waals surface area (Å²) >= 11 is 3.19. The van der Waals surface area contributed by atoms with Crippen molar-refractivity contribution in [3.05, 3.63) is 29.3 Å². The van der Waals surface area contributed by atoms with E-state index in [9.17, 15) is 15.0 Å². The maximum atomic E-state index is 10.9. The summed E-state index contributed by atoms with van der Waals surface area (Å²) < 4.78 is 4.99. The number of aliphatic hydroxyl groups excluding tert-OH is 2. The fourth-order valence-electron chi connectivity index (χ4n) is 1.53. The number of carbonyl (C=O) groups is 1. The van der Waals surface area contributed by atoms with Crippen LogP contribution in [0.4, 0.5) is 0 Å². The monoisotopic (exact) mass is 302 g/mol. The average Bonchev–Trinajstić information content (AvgIpc) is 2.37. The molecule has 2 N–H and O–H groups in total. The van der Waals surface area contributed by atoms with E-state index in [4.69, 9.17) is 4.74 Å². The van der Waals surface area contributed by atoms with Crippen LogP contribution in [-0.4, -0.2) is 35.0 Å². The number of methoxy groups -OCH3 is 1. The van der Waals surface area contributed by atoms with Crippen LogP contribution in [0.1, 0.15) is 28.4 Å². The van der Waals surface area contributed by atoms with Gasteiger partial charge < -0.3 is 14.9 Å². The average molecular weight is 303 g/mol. The molecule has 2 unspecified atom stereocenters. The molecule has 1 aromatic carbocycles. The van der Waals surface area contributed by atoms with Gasteiger partial charge in [0.25, 0.3) is 0 Å². The topological polar surface area (TPSA) is 66.8 Å². The van der Waals surface area contributed by atoms with Crippen LogP contribution in [-0.2, 0) is 0 Å². The van der Waals surface area contributed by atoms with Crippen LogP contribution in [0.3, 0.4) is 0 Å². The Hall–Kier alpha value is -0.910. The maximum absolute atomic E-state index is 10.9. The molecule has 5 heteroatoms. The van der Waals surface area contributed by atoms with Gasteiger partial charge in [0.05, 0.1) is 13.2 Å². The summed E-state index contributed by atoms with van der Waals surface area (Å²) in [4.78, 5) is 10.9. The molecule has 0 aliphatic carbocycles. The lowest BCUT2D eigenvalue weighted by Crippen LogP contribution is -2.19. The Balaban J connectivity index is 3.00. The van der Waals surface area contributed by atoms with Gasteiger partial charge in [-0.05, 0) is 24.1 Å². The number of alkyl halides is 1. The van der Waals surface area contributed by atoms with E-state index in [1.165, 1.54) is 13.2 Å². The number of aliphatic hydroxyl groups is 2. The lowest BCUT2D eigenvalue weighted by atomic mass is 9.98. The largest absolute Gasteiger partial charge is 0.497 e. The molecule has 1 aromatic rings. The molecule has 0 bridgehead atoms. The van der Waals surface area contributed by atoms with E-state index < -0.39 is 12.2 Å². The molecular weight excluding hydrogens is 288 g/mol. The van der Waals surface area contributed by atoms with Gasteiger partial charge in [-0.1, -0.05) is 22.0 Å². The Bertz CT molecular complexity index is 381. The molecule has 0 heterocycles. The van der Waals surface area contributed by atoms with Crippen molar-refractivity contribution in [1.82, 2.24) is 0 Å². The van der Waals surface area contributed by atoms with Crippen LogP contribution in [0, 0.1) is 0 Å². The van der Waals surface area contributed by atoms with Crippen LogP contribution in [0.5, 0.6) is 5.75 Å². The molecule has 0 saturated carbocycles. The van der Waals surface area contributed by atoms with Crippen molar-refractivity contribution < 1.29 is 19.7 Å². The highest BCUT2D eigenvalue weighted by Crippen LogP contribution is 2.25. The summed E-state index contributed by atoms with van der Waals surface area (Å²) in [5.74, 6) is 0.540. The molecule has 0 radical (unpaired) electrons. The molecular formula is C12H15BrO4. The van der Waals surface area contributed by atoms with Crippen molar-refractivity contribution >= 4 is 22.2 Å². The van der Waals surface area contributed by atoms with E-state index in [0.717, 1.165) is 0 Å². The third-order valence-electron chi connectivity index (χ3n) is 2.51. The molecule has 0 fully saturated rings. The first-order chi connectivity index (χ1) is 8.13. The van der Waals surface area contributed by atoms with E-state index in [1.807, 2.05) is 0 Å². The molecule has 0 saturated heterocycles.